The fourth-order valence-corrected chi connectivity index (χ4v) is 3.99. The van der Waals surface area contributed by atoms with Crippen LogP contribution in [0.2, 0.25) is 5.02 Å². The summed E-state index contributed by atoms with van der Waals surface area (Å²) in [6, 6.07) is 10.1. The van der Waals surface area contributed by atoms with Gasteiger partial charge in [0.15, 0.2) is 5.96 Å². The molecule has 0 radical (unpaired) electrons. The molecule has 0 aliphatic carbocycles. The van der Waals surface area contributed by atoms with E-state index in [1.807, 2.05) is 29.5 Å². The Bertz CT molecular complexity index is 698. The molecule has 1 aliphatic heterocycles. The van der Waals surface area contributed by atoms with E-state index in [-0.39, 0.29) is 0 Å². The molecule has 2 N–H and O–H groups in total. The minimum atomic E-state index is 0.711. The normalized spacial score (nSPS) is 15.2. The molecular weight excluding hydrogens is 340 g/mol. The molecule has 1 aromatic carbocycles. The molecule has 0 spiro atoms. The molecule has 0 fully saturated rings. The number of aliphatic imine (C=N–C) groups is 1. The number of benzene rings is 1. The summed E-state index contributed by atoms with van der Waals surface area (Å²) in [5.41, 5.74) is 2.64. The van der Waals surface area contributed by atoms with E-state index in [1.54, 1.807) is 11.9 Å². The maximum atomic E-state index is 6.01. The number of hydrogen-bond acceptors (Lipinski definition) is 3. The molecule has 24 heavy (non-hydrogen) atoms. The van der Waals surface area contributed by atoms with E-state index in [4.69, 9.17) is 11.6 Å². The Labute approximate surface area is 152 Å². The van der Waals surface area contributed by atoms with Gasteiger partial charge >= 0.3 is 0 Å². The molecule has 0 amide bonds. The van der Waals surface area contributed by atoms with E-state index in [9.17, 15) is 0 Å². The molecular formula is C18H23ClN4S. The lowest BCUT2D eigenvalue weighted by molar-refractivity contribution is 0.260. The summed E-state index contributed by atoms with van der Waals surface area (Å²) in [7, 11) is 1.80. The Morgan fingerprint density at radius 1 is 1.33 bits per heavy atom. The van der Waals surface area contributed by atoms with Gasteiger partial charge in [-0.2, -0.15) is 0 Å². The number of guanidine groups is 1. The molecule has 3 rings (SSSR count). The highest BCUT2D eigenvalue weighted by molar-refractivity contribution is 7.10. The molecule has 2 heterocycles. The largest absolute Gasteiger partial charge is 0.355 e. The van der Waals surface area contributed by atoms with Crippen LogP contribution in [0.4, 0.5) is 0 Å². The third-order valence-electron chi connectivity index (χ3n) is 4.18. The molecule has 0 unspecified atom stereocenters. The number of rotatable bonds is 5. The molecule has 128 valence electrons. The zero-order chi connectivity index (χ0) is 16.8. The van der Waals surface area contributed by atoms with Gasteiger partial charge in [-0.15, -0.1) is 11.3 Å². The van der Waals surface area contributed by atoms with Crippen LogP contribution in [0.3, 0.4) is 0 Å². The first kappa shape index (κ1) is 17.3. The standard InChI is InChI=1S/C18H23ClN4S/c1-20-18(22-12-14-3-2-4-16(19)11-14)21-7-9-23-8-5-17-15(13-23)6-10-24-17/h2-4,6,10-11H,5,7-9,12-13H2,1H3,(H2,20,21,22). The van der Waals surface area contributed by atoms with Crippen molar-refractivity contribution >= 4 is 28.9 Å². The zero-order valence-electron chi connectivity index (χ0n) is 13.9. The predicted octanol–water partition coefficient (Wildman–Crippen LogP) is 3.12. The average molecular weight is 363 g/mol. The minimum Gasteiger partial charge on any atom is -0.355 e. The molecule has 2 aromatic rings. The number of fused-ring (bicyclic) bond motifs is 1. The summed E-state index contributed by atoms with van der Waals surface area (Å²) in [6.45, 7) is 4.82. The van der Waals surface area contributed by atoms with Crippen LogP contribution in [0.25, 0.3) is 0 Å². The van der Waals surface area contributed by atoms with Crippen molar-refractivity contribution in [1.82, 2.24) is 15.5 Å². The van der Waals surface area contributed by atoms with Gasteiger partial charge in [0.25, 0.3) is 0 Å². The van der Waals surface area contributed by atoms with Crippen LogP contribution in [-0.2, 0) is 19.5 Å². The predicted molar refractivity (Wildman–Crippen MR) is 103 cm³/mol. The first-order valence-electron chi connectivity index (χ1n) is 8.21. The first-order chi connectivity index (χ1) is 11.7. The minimum absolute atomic E-state index is 0.711. The molecule has 4 nitrogen and oxygen atoms in total. The monoisotopic (exact) mass is 362 g/mol. The lowest BCUT2D eigenvalue weighted by Crippen LogP contribution is -2.42. The number of nitrogens with one attached hydrogen (secondary N) is 2. The maximum Gasteiger partial charge on any atom is 0.191 e. The number of nitrogens with zero attached hydrogens (tertiary/aromatic N) is 2. The van der Waals surface area contributed by atoms with Crippen LogP contribution in [-0.4, -0.2) is 37.5 Å². The topological polar surface area (TPSA) is 39.7 Å². The summed E-state index contributed by atoms with van der Waals surface area (Å²) in [5.74, 6) is 0.822. The van der Waals surface area contributed by atoms with E-state index in [0.717, 1.165) is 42.7 Å². The van der Waals surface area contributed by atoms with Gasteiger partial charge in [-0.25, -0.2) is 0 Å². The van der Waals surface area contributed by atoms with Crippen LogP contribution in [0.15, 0.2) is 40.7 Å². The zero-order valence-corrected chi connectivity index (χ0v) is 15.5. The second-order valence-electron chi connectivity index (χ2n) is 5.88. The summed E-state index contributed by atoms with van der Waals surface area (Å²) in [4.78, 5) is 8.33. The third-order valence-corrected chi connectivity index (χ3v) is 5.44. The Kier molecular flexibility index (Phi) is 6.12. The smallest absolute Gasteiger partial charge is 0.191 e. The molecule has 0 atom stereocenters. The molecule has 0 bridgehead atoms. The van der Waals surface area contributed by atoms with Gasteiger partial charge in [-0.3, -0.25) is 9.89 Å². The summed E-state index contributed by atoms with van der Waals surface area (Å²) < 4.78 is 0. The molecule has 0 saturated carbocycles. The van der Waals surface area contributed by atoms with Crippen molar-refractivity contribution in [3.8, 4) is 0 Å². The number of hydrogen-bond donors (Lipinski definition) is 2. The van der Waals surface area contributed by atoms with Crippen LogP contribution in [0.1, 0.15) is 16.0 Å². The Balaban J connectivity index is 1.40. The van der Waals surface area contributed by atoms with E-state index in [2.05, 4.69) is 38.0 Å². The van der Waals surface area contributed by atoms with Crippen LogP contribution < -0.4 is 10.6 Å². The maximum absolute atomic E-state index is 6.01. The van der Waals surface area contributed by atoms with E-state index in [0.29, 0.717) is 6.54 Å². The molecule has 1 aromatic heterocycles. The van der Waals surface area contributed by atoms with Crippen molar-refractivity contribution in [2.24, 2.45) is 4.99 Å². The highest BCUT2D eigenvalue weighted by Gasteiger charge is 2.16. The summed E-state index contributed by atoms with van der Waals surface area (Å²) in [6.07, 6.45) is 1.18. The van der Waals surface area contributed by atoms with Gasteiger partial charge < -0.3 is 10.6 Å². The third kappa shape index (κ3) is 4.72. The Morgan fingerprint density at radius 2 is 2.25 bits per heavy atom. The molecule has 1 aliphatic rings. The quantitative estimate of drug-likeness (QED) is 0.634. The lowest BCUT2D eigenvalue weighted by Gasteiger charge is -2.27. The van der Waals surface area contributed by atoms with Crippen molar-refractivity contribution < 1.29 is 0 Å². The van der Waals surface area contributed by atoms with Gasteiger partial charge in [0.1, 0.15) is 0 Å². The van der Waals surface area contributed by atoms with Crippen molar-refractivity contribution in [3.05, 3.63) is 56.7 Å². The van der Waals surface area contributed by atoms with E-state index < -0.39 is 0 Å². The van der Waals surface area contributed by atoms with Gasteiger partial charge in [0.2, 0.25) is 0 Å². The molecule has 0 saturated heterocycles. The van der Waals surface area contributed by atoms with Crippen LogP contribution in [0, 0.1) is 0 Å². The van der Waals surface area contributed by atoms with Crippen LogP contribution in [0.5, 0.6) is 0 Å². The van der Waals surface area contributed by atoms with E-state index in [1.165, 1.54) is 12.0 Å². The van der Waals surface area contributed by atoms with Crippen molar-refractivity contribution in [2.45, 2.75) is 19.5 Å². The molecule has 6 heteroatoms. The Morgan fingerprint density at radius 3 is 3.08 bits per heavy atom. The van der Waals surface area contributed by atoms with E-state index >= 15 is 0 Å². The van der Waals surface area contributed by atoms with Gasteiger partial charge in [-0.1, -0.05) is 23.7 Å². The average Bonchev–Trinajstić information content (AvgIpc) is 3.05. The van der Waals surface area contributed by atoms with Gasteiger partial charge in [0.05, 0.1) is 0 Å². The SMILES string of the molecule is CN=C(NCCN1CCc2sccc2C1)NCc1cccc(Cl)c1. The fourth-order valence-electron chi connectivity index (χ4n) is 2.88. The van der Waals surface area contributed by atoms with Gasteiger partial charge in [-0.05, 0) is 41.1 Å². The van der Waals surface area contributed by atoms with Crippen LogP contribution >= 0.6 is 22.9 Å². The second kappa shape index (κ2) is 8.51. The lowest BCUT2D eigenvalue weighted by atomic mass is 10.1. The highest BCUT2D eigenvalue weighted by atomic mass is 35.5. The van der Waals surface area contributed by atoms with Crippen molar-refractivity contribution in [1.29, 1.82) is 0 Å². The van der Waals surface area contributed by atoms with Crippen molar-refractivity contribution in [2.75, 3.05) is 26.7 Å². The number of halogens is 1. The van der Waals surface area contributed by atoms with Crippen molar-refractivity contribution in [3.63, 3.8) is 0 Å². The van der Waals surface area contributed by atoms with Gasteiger partial charge in [0, 0.05) is 49.7 Å². The second-order valence-corrected chi connectivity index (χ2v) is 7.31. The first-order valence-corrected chi connectivity index (χ1v) is 9.47. The summed E-state index contributed by atoms with van der Waals surface area (Å²) >= 11 is 7.90. The highest BCUT2D eigenvalue weighted by Crippen LogP contribution is 2.23. The number of thiophene rings is 1. The Hall–Kier alpha value is -1.56. The summed E-state index contributed by atoms with van der Waals surface area (Å²) in [5, 5.41) is 9.67. The fraction of sp³-hybridized carbons (Fsp3) is 0.389.